The van der Waals surface area contributed by atoms with Gasteiger partial charge >= 0.3 is 0 Å². The number of aryl methyl sites for hydroxylation is 1. The van der Waals surface area contributed by atoms with Crippen molar-refractivity contribution in [2.45, 2.75) is 37.2 Å². The van der Waals surface area contributed by atoms with E-state index in [9.17, 15) is 4.79 Å². The van der Waals surface area contributed by atoms with E-state index in [1.807, 2.05) is 56.3 Å². The minimum Gasteiger partial charge on any atom is -0.368 e. The number of nitrogens with zero attached hydrogens (tertiary/aromatic N) is 3. The van der Waals surface area contributed by atoms with Gasteiger partial charge < -0.3 is 11.1 Å². The van der Waals surface area contributed by atoms with Crippen LogP contribution in [0.4, 0.5) is 11.6 Å². The first-order valence-electron chi connectivity index (χ1n) is 8.93. The third kappa shape index (κ3) is 4.66. The van der Waals surface area contributed by atoms with E-state index in [1.165, 1.54) is 11.8 Å². The number of amides is 1. The first kappa shape index (κ1) is 20.2. The number of halogens is 1. The highest BCUT2D eigenvalue weighted by molar-refractivity contribution is 7.98. The molecule has 0 fully saturated rings. The molecule has 0 radical (unpaired) electrons. The number of benzene rings is 2. The quantitative estimate of drug-likeness (QED) is 0.546. The maximum Gasteiger partial charge on any atom is 0.247 e. The van der Waals surface area contributed by atoms with Crippen LogP contribution in [-0.4, -0.2) is 20.7 Å². The highest BCUT2D eigenvalue weighted by Gasteiger charge is 2.25. The van der Waals surface area contributed by atoms with Crippen molar-refractivity contribution >= 4 is 40.9 Å². The number of anilines is 2. The molecule has 3 aromatic rings. The summed E-state index contributed by atoms with van der Waals surface area (Å²) in [7, 11) is 0. The predicted molar refractivity (Wildman–Crippen MR) is 115 cm³/mol. The largest absolute Gasteiger partial charge is 0.368 e. The molecule has 1 atom stereocenters. The third-order valence-electron chi connectivity index (χ3n) is 4.34. The van der Waals surface area contributed by atoms with Gasteiger partial charge in [-0.25, -0.2) is 0 Å². The van der Waals surface area contributed by atoms with Crippen LogP contribution in [-0.2, 0) is 10.5 Å². The molecule has 0 saturated carbocycles. The second-order valence-electron chi connectivity index (χ2n) is 6.36. The van der Waals surface area contributed by atoms with Gasteiger partial charge in [0.25, 0.3) is 0 Å². The van der Waals surface area contributed by atoms with Gasteiger partial charge in [0, 0.05) is 16.5 Å². The van der Waals surface area contributed by atoms with E-state index in [4.69, 9.17) is 17.3 Å². The lowest BCUT2D eigenvalue weighted by atomic mass is 10.2. The van der Waals surface area contributed by atoms with Crippen molar-refractivity contribution in [3.05, 3.63) is 64.7 Å². The maximum atomic E-state index is 12.9. The van der Waals surface area contributed by atoms with Crippen LogP contribution in [0, 0.1) is 6.92 Å². The van der Waals surface area contributed by atoms with Crippen LogP contribution in [0.15, 0.2) is 53.7 Å². The number of rotatable bonds is 7. The summed E-state index contributed by atoms with van der Waals surface area (Å²) in [4.78, 5) is 12.9. The van der Waals surface area contributed by atoms with Crippen LogP contribution in [0.2, 0.25) is 5.02 Å². The van der Waals surface area contributed by atoms with Crippen molar-refractivity contribution in [1.29, 1.82) is 0 Å². The fourth-order valence-electron chi connectivity index (χ4n) is 2.78. The summed E-state index contributed by atoms with van der Waals surface area (Å²) in [6, 6.07) is 15.0. The highest BCUT2D eigenvalue weighted by Crippen LogP contribution is 2.29. The Labute approximate surface area is 173 Å². The standard InChI is InChI=1S/C20H22ClN5OS/c1-3-17(18(27)23-15-10-9-13(2)16(21)11-15)26-19(22)24-25-20(26)28-12-14-7-5-4-6-8-14/h4-11,17H,3,12H2,1-2H3,(H2,22,24)(H,23,27). The molecule has 0 saturated heterocycles. The van der Waals surface area contributed by atoms with Gasteiger partial charge in [-0.2, -0.15) is 0 Å². The Bertz CT molecular complexity index is 960. The van der Waals surface area contributed by atoms with Crippen molar-refractivity contribution in [2.24, 2.45) is 0 Å². The summed E-state index contributed by atoms with van der Waals surface area (Å²) in [5.74, 6) is 0.750. The lowest BCUT2D eigenvalue weighted by Crippen LogP contribution is -2.27. The lowest BCUT2D eigenvalue weighted by molar-refractivity contribution is -0.119. The topological polar surface area (TPSA) is 85.8 Å². The van der Waals surface area contributed by atoms with Crippen molar-refractivity contribution < 1.29 is 4.79 Å². The molecule has 1 amide bonds. The Balaban J connectivity index is 1.78. The third-order valence-corrected chi connectivity index (χ3v) is 5.76. The fourth-order valence-corrected chi connectivity index (χ4v) is 3.91. The van der Waals surface area contributed by atoms with Crippen molar-refractivity contribution in [3.8, 4) is 0 Å². The smallest absolute Gasteiger partial charge is 0.247 e. The monoisotopic (exact) mass is 415 g/mol. The van der Waals surface area contributed by atoms with E-state index in [2.05, 4.69) is 15.5 Å². The number of hydrogen-bond acceptors (Lipinski definition) is 5. The average molecular weight is 416 g/mol. The normalized spacial score (nSPS) is 12.0. The number of hydrogen-bond donors (Lipinski definition) is 2. The number of aromatic nitrogens is 3. The molecule has 0 aliphatic rings. The zero-order valence-electron chi connectivity index (χ0n) is 15.7. The summed E-state index contributed by atoms with van der Waals surface area (Å²) in [5, 5.41) is 12.3. The molecule has 8 heteroatoms. The van der Waals surface area contributed by atoms with Crippen molar-refractivity contribution in [3.63, 3.8) is 0 Å². The minimum absolute atomic E-state index is 0.185. The van der Waals surface area contributed by atoms with Crippen LogP contribution >= 0.6 is 23.4 Å². The predicted octanol–water partition coefficient (Wildman–Crippen LogP) is 4.70. The van der Waals surface area contributed by atoms with Gasteiger partial charge in [0.05, 0.1) is 0 Å². The zero-order chi connectivity index (χ0) is 20.1. The van der Waals surface area contributed by atoms with E-state index < -0.39 is 6.04 Å². The van der Waals surface area contributed by atoms with Gasteiger partial charge in [0.2, 0.25) is 11.9 Å². The van der Waals surface area contributed by atoms with Crippen LogP contribution < -0.4 is 11.1 Å². The Kier molecular flexibility index (Phi) is 6.59. The van der Waals surface area contributed by atoms with Crippen LogP contribution in [0.5, 0.6) is 0 Å². The second-order valence-corrected chi connectivity index (χ2v) is 7.71. The zero-order valence-corrected chi connectivity index (χ0v) is 17.3. The first-order chi connectivity index (χ1) is 13.5. The molecule has 1 heterocycles. The number of nitrogen functional groups attached to an aromatic ring is 1. The number of nitrogens with one attached hydrogen (secondary N) is 1. The SMILES string of the molecule is CCC(C(=O)Nc1ccc(C)c(Cl)c1)n1c(N)nnc1SCc1ccccc1. The Hall–Kier alpha value is -2.51. The van der Waals surface area contributed by atoms with Gasteiger partial charge in [-0.15, -0.1) is 10.2 Å². The number of thioether (sulfide) groups is 1. The van der Waals surface area contributed by atoms with Crippen LogP contribution in [0.3, 0.4) is 0 Å². The first-order valence-corrected chi connectivity index (χ1v) is 10.3. The number of carbonyl (C=O) groups excluding carboxylic acids is 1. The minimum atomic E-state index is -0.520. The number of carbonyl (C=O) groups is 1. The molecule has 0 aliphatic carbocycles. The van der Waals surface area contributed by atoms with Gasteiger partial charge in [-0.3, -0.25) is 9.36 Å². The summed E-state index contributed by atoms with van der Waals surface area (Å²) < 4.78 is 1.69. The van der Waals surface area contributed by atoms with E-state index >= 15 is 0 Å². The summed E-state index contributed by atoms with van der Waals surface area (Å²) in [6.07, 6.45) is 0.548. The summed E-state index contributed by atoms with van der Waals surface area (Å²) >= 11 is 7.66. The van der Waals surface area contributed by atoms with E-state index in [-0.39, 0.29) is 11.9 Å². The molecule has 28 heavy (non-hydrogen) atoms. The Morgan fingerprint density at radius 2 is 2.00 bits per heavy atom. The van der Waals surface area contributed by atoms with Gasteiger partial charge in [-0.05, 0) is 36.6 Å². The van der Waals surface area contributed by atoms with Crippen LogP contribution in [0.1, 0.15) is 30.5 Å². The van der Waals surface area contributed by atoms with Crippen molar-refractivity contribution in [2.75, 3.05) is 11.1 Å². The maximum absolute atomic E-state index is 12.9. The van der Waals surface area contributed by atoms with Gasteiger partial charge in [0.15, 0.2) is 5.16 Å². The number of nitrogens with two attached hydrogens (primary N) is 1. The molecule has 146 valence electrons. The molecular formula is C20H22ClN5OS. The molecule has 2 aromatic carbocycles. The molecule has 0 spiro atoms. The molecule has 0 bridgehead atoms. The van der Waals surface area contributed by atoms with E-state index in [1.54, 1.807) is 10.6 Å². The Morgan fingerprint density at radius 3 is 2.68 bits per heavy atom. The van der Waals surface area contributed by atoms with Crippen molar-refractivity contribution in [1.82, 2.24) is 14.8 Å². The molecule has 0 aliphatic heterocycles. The average Bonchev–Trinajstić information content (AvgIpc) is 3.05. The molecule has 6 nitrogen and oxygen atoms in total. The molecule has 3 rings (SSSR count). The summed E-state index contributed by atoms with van der Waals surface area (Å²) in [6.45, 7) is 3.84. The van der Waals surface area contributed by atoms with Gasteiger partial charge in [0.1, 0.15) is 6.04 Å². The molecule has 3 N–H and O–H groups in total. The molecule has 1 unspecified atom stereocenters. The lowest BCUT2D eigenvalue weighted by Gasteiger charge is -2.19. The molecule has 1 aromatic heterocycles. The highest BCUT2D eigenvalue weighted by atomic mass is 35.5. The Morgan fingerprint density at radius 1 is 1.25 bits per heavy atom. The van der Waals surface area contributed by atoms with Crippen LogP contribution in [0.25, 0.3) is 0 Å². The van der Waals surface area contributed by atoms with E-state index in [0.29, 0.717) is 28.0 Å². The van der Waals surface area contributed by atoms with Gasteiger partial charge in [-0.1, -0.05) is 66.7 Å². The van der Waals surface area contributed by atoms with E-state index in [0.717, 1.165) is 11.1 Å². The summed E-state index contributed by atoms with van der Waals surface area (Å²) in [5.41, 5.74) is 8.79. The fraction of sp³-hybridized carbons (Fsp3) is 0.250. The molecular weight excluding hydrogens is 394 g/mol. The second kappa shape index (κ2) is 9.12.